The molecule has 1 heterocycles. The zero-order chi connectivity index (χ0) is 17.3. The molecule has 1 aliphatic rings. The zero-order valence-electron chi connectivity index (χ0n) is 13.8. The highest BCUT2D eigenvalue weighted by molar-refractivity contribution is 8.13. The van der Waals surface area contributed by atoms with E-state index in [0.717, 1.165) is 9.65 Å². The molecule has 2 rings (SSSR count). The molecule has 0 saturated carbocycles. The minimum absolute atomic E-state index is 0.0460. The van der Waals surface area contributed by atoms with Crippen LogP contribution in [-0.2, 0) is 20.2 Å². The van der Waals surface area contributed by atoms with E-state index in [1.165, 1.54) is 18.7 Å². The first kappa shape index (κ1) is 18.0. The number of carbonyl (C=O) groups excluding carboxylic acids is 1. The van der Waals surface area contributed by atoms with Gasteiger partial charge in [-0.15, -0.1) is 0 Å². The second-order valence-electron chi connectivity index (χ2n) is 6.57. The highest BCUT2D eigenvalue weighted by Crippen LogP contribution is 2.31. The van der Waals surface area contributed by atoms with Crippen molar-refractivity contribution in [1.82, 2.24) is 9.19 Å². The molecule has 5 nitrogen and oxygen atoms in total. The summed E-state index contributed by atoms with van der Waals surface area (Å²) in [5.41, 5.74) is 0.460. The van der Waals surface area contributed by atoms with E-state index in [-0.39, 0.29) is 10.5 Å². The van der Waals surface area contributed by atoms with Crippen LogP contribution in [0.1, 0.15) is 39.7 Å². The number of hydrogen-bond acceptors (Lipinski definition) is 5. The van der Waals surface area contributed by atoms with Gasteiger partial charge in [0.2, 0.25) is 0 Å². The van der Waals surface area contributed by atoms with Crippen molar-refractivity contribution in [3.8, 4) is 0 Å². The maximum absolute atomic E-state index is 12.9. The molecular formula is C16H22N2O3S2. The van der Waals surface area contributed by atoms with Gasteiger partial charge in [0.05, 0.1) is 6.20 Å². The van der Waals surface area contributed by atoms with Gasteiger partial charge in [-0.3, -0.25) is 4.79 Å². The largest absolute Gasteiger partial charge is 0.288 e. The summed E-state index contributed by atoms with van der Waals surface area (Å²) < 4.78 is 25.8. The average molecular weight is 354 g/mol. The van der Waals surface area contributed by atoms with E-state index in [9.17, 15) is 13.2 Å². The molecule has 1 unspecified atom stereocenters. The van der Waals surface area contributed by atoms with Gasteiger partial charge in [0.1, 0.15) is 4.75 Å². The molecule has 126 valence electrons. The molecule has 0 spiro atoms. The topological polar surface area (TPSA) is 69.0 Å². The molecule has 0 bridgehead atoms. The molecule has 0 N–H and O–H groups in total. The van der Waals surface area contributed by atoms with Gasteiger partial charge >= 0.3 is 0 Å². The molecule has 1 aromatic heterocycles. The van der Waals surface area contributed by atoms with Gasteiger partial charge in [-0.1, -0.05) is 49.9 Å². The van der Waals surface area contributed by atoms with Crippen LogP contribution in [0, 0.1) is 0 Å². The van der Waals surface area contributed by atoms with E-state index >= 15 is 0 Å². The highest BCUT2D eigenvalue weighted by atomic mass is 32.2. The number of nitrogens with zero attached hydrogens (tertiary/aromatic N) is 2. The molecular weight excluding hydrogens is 332 g/mol. The van der Waals surface area contributed by atoms with Crippen LogP contribution in [-0.4, -0.2) is 33.2 Å². The Labute approximate surface area is 141 Å². The van der Waals surface area contributed by atoms with Crippen LogP contribution in [0.25, 0.3) is 0 Å². The lowest BCUT2D eigenvalue weighted by molar-refractivity contribution is -0.109. The standard InChI is InChI=1S/C16H22N2O3S2/c1-13(19)22-12-15(2,3)14-10-17-18(11-14)23(20,21)16(4)8-6-5-7-9-16/h5-8,10-11H,9,12H2,1-4H3. The summed E-state index contributed by atoms with van der Waals surface area (Å²) in [5, 5.41) is 4.12. The number of hydrogen-bond donors (Lipinski definition) is 0. The van der Waals surface area contributed by atoms with Gasteiger partial charge in [0.25, 0.3) is 10.0 Å². The van der Waals surface area contributed by atoms with E-state index in [1.54, 1.807) is 31.5 Å². The third-order valence-electron chi connectivity index (χ3n) is 4.03. The first-order valence-corrected chi connectivity index (χ1v) is 9.79. The van der Waals surface area contributed by atoms with E-state index in [2.05, 4.69) is 5.10 Å². The Balaban J connectivity index is 2.30. The molecule has 0 amide bonds. The van der Waals surface area contributed by atoms with Crippen molar-refractivity contribution in [2.75, 3.05) is 5.75 Å². The van der Waals surface area contributed by atoms with Crippen molar-refractivity contribution in [2.45, 2.75) is 44.3 Å². The fraction of sp³-hybridized carbons (Fsp3) is 0.500. The predicted octanol–water partition coefficient (Wildman–Crippen LogP) is 2.89. The third-order valence-corrected chi connectivity index (χ3v) is 7.48. The summed E-state index contributed by atoms with van der Waals surface area (Å²) in [7, 11) is -3.64. The van der Waals surface area contributed by atoms with E-state index in [1.807, 2.05) is 26.0 Å². The Morgan fingerprint density at radius 2 is 2.13 bits per heavy atom. The zero-order valence-corrected chi connectivity index (χ0v) is 15.4. The van der Waals surface area contributed by atoms with E-state index in [0.29, 0.717) is 12.2 Å². The van der Waals surface area contributed by atoms with E-state index in [4.69, 9.17) is 0 Å². The summed E-state index contributed by atoms with van der Waals surface area (Å²) in [4.78, 5) is 11.2. The lowest BCUT2D eigenvalue weighted by Gasteiger charge is -2.26. The van der Waals surface area contributed by atoms with Crippen molar-refractivity contribution >= 4 is 26.9 Å². The van der Waals surface area contributed by atoms with Crippen LogP contribution in [0.15, 0.2) is 36.7 Å². The van der Waals surface area contributed by atoms with Gasteiger partial charge in [-0.2, -0.15) is 9.19 Å². The molecule has 1 aromatic rings. The lowest BCUT2D eigenvalue weighted by atomic mass is 9.89. The lowest BCUT2D eigenvalue weighted by Crippen LogP contribution is -2.38. The number of allylic oxidation sites excluding steroid dienone is 3. The summed E-state index contributed by atoms with van der Waals surface area (Å²) in [6.45, 7) is 7.17. The second kappa shape index (κ2) is 6.28. The Kier molecular flexibility index (Phi) is 4.92. The van der Waals surface area contributed by atoms with Crippen LogP contribution >= 0.6 is 11.8 Å². The van der Waals surface area contributed by atoms with Crippen LogP contribution in [0.5, 0.6) is 0 Å². The van der Waals surface area contributed by atoms with E-state index < -0.39 is 14.8 Å². The van der Waals surface area contributed by atoms with Gasteiger partial charge in [0.15, 0.2) is 5.12 Å². The molecule has 0 radical (unpaired) electrons. The summed E-state index contributed by atoms with van der Waals surface area (Å²) in [6.07, 6.45) is 10.7. The fourth-order valence-electron chi connectivity index (χ4n) is 2.26. The molecule has 0 fully saturated rings. The minimum Gasteiger partial charge on any atom is -0.288 e. The maximum Gasteiger partial charge on any atom is 0.263 e. The summed E-state index contributed by atoms with van der Waals surface area (Å²) in [5.74, 6) is 0.577. The fourth-order valence-corrected chi connectivity index (χ4v) is 4.40. The van der Waals surface area contributed by atoms with Crippen LogP contribution in [0.4, 0.5) is 0 Å². The molecule has 0 saturated heterocycles. The molecule has 1 atom stereocenters. The number of carbonyl (C=O) groups is 1. The third kappa shape index (κ3) is 3.61. The maximum atomic E-state index is 12.9. The normalized spacial score (nSPS) is 21.6. The van der Waals surface area contributed by atoms with Crippen molar-refractivity contribution in [2.24, 2.45) is 0 Å². The average Bonchev–Trinajstić information content (AvgIpc) is 2.97. The Bertz CT molecular complexity index is 760. The quantitative estimate of drug-likeness (QED) is 0.813. The van der Waals surface area contributed by atoms with Crippen LogP contribution in [0.3, 0.4) is 0 Å². The first-order chi connectivity index (χ1) is 10.6. The molecule has 7 heteroatoms. The molecule has 0 aromatic carbocycles. The Morgan fingerprint density at radius 1 is 1.43 bits per heavy atom. The number of thioether (sulfide) groups is 1. The van der Waals surface area contributed by atoms with Crippen molar-refractivity contribution in [3.05, 3.63) is 42.3 Å². The molecule has 0 aliphatic heterocycles. The van der Waals surface area contributed by atoms with Crippen molar-refractivity contribution in [3.63, 3.8) is 0 Å². The first-order valence-electron chi connectivity index (χ1n) is 7.36. The molecule has 23 heavy (non-hydrogen) atoms. The highest BCUT2D eigenvalue weighted by Gasteiger charge is 2.39. The van der Waals surface area contributed by atoms with Gasteiger partial charge in [-0.05, 0) is 18.9 Å². The number of rotatable bonds is 5. The van der Waals surface area contributed by atoms with Gasteiger partial charge in [0, 0.05) is 24.3 Å². The summed E-state index contributed by atoms with van der Waals surface area (Å²) in [6, 6.07) is 0. The summed E-state index contributed by atoms with van der Waals surface area (Å²) >= 11 is 1.23. The van der Waals surface area contributed by atoms with Crippen LogP contribution in [0.2, 0.25) is 0 Å². The predicted molar refractivity (Wildman–Crippen MR) is 94.0 cm³/mol. The monoisotopic (exact) mass is 354 g/mol. The van der Waals surface area contributed by atoms with Crippen LogP contribution < -0.4 is 0 Å². The Hall–Kier alpha value is -1.34. The van der Waals surface area contributed by atoms with Gasteiger partial charge in [-0.25, -0.2) is 8.42 Å². The minimum atomic E-state index is -3.64. The van der Waals surface area contributed by atoms with Crippen molar-refractivity contribution < 1.29 is 13.2 Å². The smallest absolute Gasteiger partial charge is 0.263 e. The number of aromatic nitrogens is 2. The van der Waals surface area contributed by atoms with Gasteiger partial charge < -0.3 is 0 Å². The Morgan fingerprint density at radius 3 is 2.70 bits per heavy atom. The van der Waals surface area contributed by atoms with Crippen molar-refractivity contribution in [1.29, 1.82) is 0 Å². The second-order valence-corrected chi connectivity index (χ2v) is 9.98. The molecule has 1 aliphatic carbocycles. The SMILES string of the molecule is CC(=O)SCC(C)(C)c1cnn(S(=O)(=O)C2(C)C=CC=CC2)c1.